The van der Waals surface area contributed by atoms with Crippen LogP contribution in [0.2, 0.25) is 0 Å². The Morgan fingerprint density at radius 2 is 1.80 bits per heavy atom. The predicted octanol–water partition coefficient (Wildman–Crippen LogP) is 2.60. The fourth-order valence-electron chi connectivity index (χ4n) is 3.86. The third-order valence-corrected chi connectivity index (χ3v) is 5.80. The molecular weight excluding hydrogens is 382 g/mol. The molecule has 0 bridgehead atoms. The van der Waals surface area contributed by atoms with E-state index in [0.29, 0.717) is 12.2 Å². The van der Waals surface area contributed by atoms with E-state index >= 15 is 0 Å². The second kappa shape index (κ2) is 12.1. The topological polar surface area (TPSA) is 79.0 Å². The molecule has 1 fully saturated rings. The Bertz CT molecular complexity index is 630. The number of ether oxygens (including phenoxy) is 1. The van der Waals surface area contributed by atoms with E-state index in [4.69, 9.17) is 4.74 Å². The van der Waals surface area contributed by atoms with Gasteiger partial charge in [-0.05, 0) is 52.1 Å². The zero-order valence-corrected chi connectivity index (χ0v) is 20.0. The number of hydrogen-bond donors (Lipinski definition) is 1. The number of amides is 2. The fraction of sp³-hybridized carbons (Fsp3) is 0.783. The van der Waals surface area contributed by atoms with Crippen LogP contribution in [0.1, 0.15) is 60.8 Å². The third-order valence-electron chi connectivity index (χ3n) is 5.80. The molecule has 30 heavy (non-hydrogen) atoms. The molecule has 0 aliphatic carbocycles. The summed E-state index contributed by atoms with van der Waals surface area (Å²) in [5.74, 6) is -0.574. The summed E-state index contributed by atoms with van der Waals surface area (Å²) in [7, 11) is 3.69. The first-order chi connectivity index (χ1) is 14.0. The van der Waals surface area contributed by atoms with Gasteiger partial charge in [0, 0.05) is 12.6 Å². The molecule has 7 nitrogen and oxygen atoms in total. The maximum atomic E-state index is 13.4. The third kappa shape index (κ3) is 7.11. The summed E-state index contributed by atoms with van der Waals surface area (Å²) in [6, 6.07) is -1.09. The number of likely N-dealkylation sites (N-methyl/N-ethyl adjacent to an activating group) is 2. The summed E-state index contributed by atoms with van der Waals surface area (Å²) in [5.41, 5.74) is 0.476. The van der Waals surface area contributed by atoms with Crippen molar-refractivity contribution in [2.75, 3.05) is 27.2 Å². The van der Waals surface area contributed by atoms with Crippen LogP contribution in [0.25, 0.3) is 0 Å². The van der Waals surface area contributed by atoms with Gasteiger partial charge in [-0.3, -0.25) is 14.5 Å². The molecule has 2 amide bonds. The number of rotatable bonds is 9. The second-order valence-electron chi connectivity index (χ2n) is 8.98. The van der Waals surface area contributed by atoms with E-state index < -0.39 is 6.04 Å². The molecule has 0 aromatic carbocycles. The van der Waals surface area contributed by atoms with Gasteiger partial charge in [0.05, 0.1) is 18.7 Å². The van der Waals surface area contributed by atoms with Crippen molar-refractivity contribution >= 4 is 17.8 Å². The molecule has 172 valence electrons. The number of carbonyl (C=O) groups is 3. The molecule has 3 atom stereocenters. The number of nitrogens with one attached hydrogen (secondary N) is 1. The van der Waals surface area contributed by atoms with Gasteiger partial charge in [0.15, 0.2) is 0 Å². The van der Waals surface area contributed by atoms with Crippen LogP contribution < -0.4 is 5.32 Å². The standard InChI is InChI=1S/C23H41N3O4/c1-9-30-23(29)17(6)14-19(15(2)3)26(8)22(28)20(16(4)5)24-21(27)18-12-10-11-13-25(18)7/h14-16,18-20H,9-13H2,1-8H3,(H,24,27)/b17-14+/t18-,19-,20+/m1/s1. The quantitative estimate of drug-likeness (QED) is 0.456. The Balaban J connectivity index is 3.00. The maximum absolute atomic E-state index is 13.4. The van der Waals surface area contributed by atoms with Crippen LogP contribution in [-0.4, -0.2) is 73.0 Å². The Morgan fingerprint density at radius 1 is 1.17 bits per heavy atom. The van der Waals surface area contributed by atoms with Crippen molar-refractivity contribution in [2.24, 2.45) is 11.8 Å². The van der Waals surface area contributed by atoms with Crippen LogP contribution in [0.4, 0.5) is 0 Å². The lowest BCUT2D eigenvalue weighted by molar-refractivity contribution is -0.140. The Hall–Kier alpha value is -1.89. The number of esters is 1. The van der Waals surface area contributed by atoms with Crippen LogP contribution in [0.15, 0.2) is 11.6 Å². The van der Waals surface area contributed by atoms with E-state index in [1.807, 2.05) is 34.7 Å². The van der Waals surface area contributed by atoms with Gasteiger partial charge in [-0.2, -0.15) is 0 Å². The SMILES string of the molecule is CCOC(=O)/C(C)=C/[C@H](C(C)C)N(C)C(=O)[C@@H](NC(=O)[C@H]1CCCCN1C)C(C)C. The van der Waals surface area contributed by atoms with Crippen LogP contribution in [-0.2, 0) is 19.1 Å². The van der Waals surface area contributed by atoms with Crippen molar-refractivity contribution in [3.8, 4) is 0 Å². The fourth-order valence-corrected chi connectivity index (χ4v) is 3.86. The first-order valence-corrected chi connectivity index (χ1v) is 11.1. The second-order valence-corrected chi connectivity index (χ2v) is 8.98. The highest BCUT2D eigenvalue weighted by molar-refractivity contribution is 5.91. The smallest absolute Gasteiger partial charge is 0.333 e. The van der Waals surface area contributed by atoms with Crippen LogP contribution in [0, 0.1) is 11.8 Å². The molecule has 0 aromatic rings. The number of likely N-dealkylation sites (tertiary alicyclic amines) is 1. The molecule has 0 aromatic heterocycles. The van der Waals surface area contributed by atoms with Crippen molar-refractivity contribution in [2.45, 2.75) is 78.9 Å². The lowest BCUT2D eigenvalue weighted by atomic mass is 9.96. The van der Waals surface area contributed by atoms with E-state index in [0.717, 1.165) is 25.8 Å². The van der Waals surface area contributed by atoms with E-state index in [2.05, 4.69) is 10.2 Å². The summed E-state index contributed by atoms with van der Waals surface area (Å²) in [5, 5.41) is 3.00. The molecule has 1 N–H and O–H groups in total. The van der Waals surface area contributed by atoms with E-state index in [1.165, 1.54) is 0 Å². The number of piperidine rings is 1. The maximum Gasteiger partial charge on any atom is 0.333 e. The molecule has 1 rings (SSSR count). The van der Waals surface area contributed by atoms with Gasteiger partial charge in [0.1, 0.15) is 6.04 Å². The van der Waals surface area contributed by atoms with Gasteiger partial charge in [0.2, 0.25) is 11.8 Å². The number of carbonyl (C=O) groups excluding carboxylic acids is 3. The molecule has 1 saturated heterocycles. The molecule has 1 aliphatic heterocycles. The highest BCUT2D eigenvalue weighted by Gasteiger charge is 2.34. The van der Waals surface area contributed by atoms with E-state index in [9.17, 15) is 14.4 Å². The van der Waals surface area contributed by atoms with Crippen molar-refractivity contribution in [3.63, 3.8) is 0 Å². The highest BCUT2D eigenvalue weighted by atomic mass is 16.5. The average molecular weight is 424 g/mol. The summed E-state index contributed by atoms with van der Waals surface area (Å²) < 4.78 is 5.07. The minimum atomic E-state index is -0.615. The molecule has 1 aliphatic rings. The van der Waals surface area contributed by atoms with Gasteiger partial charge >= 0.3 is 5.97 Å². The van der Waals surface area contributed by atoms with Crippen molar-refractivity contribution in [1.82, 2.24) is 15.1 Å². The lowest BCUT2D eigenvalue weighted by Gasteiger charge is -2.36. The normalized spacial score (nSPS) is 20.1. The predicted molar refractivity (Wildman–Crippen MR) is 119 cm³/mol. The first kappa shape index (κ1) is 26.1. The van der Waals surface area contributed by atoms with Crippen molar-refractivity contribution in [3.05, 3.63) is 11.6 Å². The van der Waals surface area contributed by atoms with Gasteiger partial charge in [0.25, 0.3) is 0 Å². The molecule has 1 heterocycles. The van der Waals surface area contributed by atoms with Gasteiger partial charge < -0.3 is 15.0 Å². The molecule has 0 spiro atoms. The molecular formula is C23H41N3O4. The lowest BCUT2D eigenvalue weighted by Crippen LogP contribution is -2.57. The Morgan fingerprint density at radius 3 is 2.30 bits per heavy atom. The van der Waals surface area contributed by atoms with E-state index in [-0.39, 0.29) is 41.7 Å². The zero-order chi connectivity index (χ0) is 23.0. The van der Waals surface area contributed by atoms with Gasteiger partial charge in [-0.15, -0.1) is 0 Å². The van der Waals surface area contributed by atoms with Crippen LogP contribution >= 0.6 is 0 Å². The van der Waals surface area contributed by atoms with Crippen molar-refractivity contribution in [1.29, 1.82) is 0 Å². The average Bonchev–Trinajstić information content (AvgIpc) is 2.68. The Kier molecular flexibility index (Phi) is 10.5. The number of hydrogen-bond acceptors (Lipinski definition) is 5. The van der Waals surface area contributed by atoms with E-state index in [1.54, 1.807) is 31.9 Å². The summed E-state index contributed by atoms with van der Waals surface area (Å²) in [6.45, 7) is 12.5. The van der Waals surface area contributed by atoms with Gasteiger partial charge in [-0.1, -0.05) is 40.2 Å². The largest absolute Gasteiger partial charge is 0.463 e. The summed E-state index contributed by atoms with van der Waals surface area (Å²) in [4.78, 5) is 42.0. The first-order valence-electron chi connectivity index (χ1n) is 11.1. The monoisotopic (exact) mass is 423 g/mol. The van der Waals surface area contributed by atoms with Crippen LogP contribution in [0.3, 0.4) is 0 Å². The summed E-state index contributed by atoms with van der Waals surface area (Å²) >= 11 is 0. The minimum Gasteiger partial charge on any atom is -0.463 e. The molecule has 7 heteroatoms. The van der Waals surface area contributed by atoms with Crippen molar-refractivity contribution < 1.29 is 19.1 Å². The zero-order valence-electron chi connectivity index (χ0n) is 20.0. The molecule has 0 saturated carbocycles. The summed E-state index contributed by atoms with van der Waals surface area (Å²) in [6.07, 6.45) is 4.72. The number of nitrogens with zero attached hydrogens (tertiary/aromatic N) is 2. The minimum absolute atomic E-state index is 0.0549. The van der Waals surface area contributed by atoms with Crippen LogP contribution in [0.5, 0.6) is 0 Å². The molecule has 0 radical (unpaired) electrons. The van der Waals surface area contributed by atoms with Gasteiger partial charge in [-0.25, -0.2) is 4.79 Å². The Labute approximate surface area is 182 Å². The molecule has 0 unspecified atom stereocenters. The highest BCUT2D eigenvalue weighted by Crippen LogP contribution is 2.19.